The molecular weight excluding hydrogens is 242 g/mol. The maximum Gasteiger partial charge on any atom is 0.116 e. The molecule has 3 heteroatoms. The molecule has 0 saturated heterocycles. The fraction of sp³-hybridized carbons (Fsp3) is 0. The first-order chi connectivity index (χ1) is 6.77. The van der Waals surface area contributed by atoms with Gasteiger partial charge in [-0.3, -0.25) is 4.98 Å². The first kappa shape index (κ1) is 9.21. The van der Waals surface area contributed by atoms with E-state index in [-0.39, 0.29) is 5.75 Å². The van der Waals surface area contributed by atoms with Gasteiger partial charge in [-0.25, -0.2) is 0 Å². The van der Waals surface area contributed by atoms with Crippen molar-refractivity contribution in [1.29, 1.82) is 0 Å². The van der Waals surface area contributed by atoms with Crippen LogP contribution in [-0.2, 0) is 0 Å². The third-order valence-electron chi connectivity index (χ3n) is 1.89. The van der Waals surface area contributed by atoms with Crippen molar-refractivity contribution in [3.8, 4) is 17.0 Å². The molecule has 2 nitrogen and oxygen atoms in total. The minimum atomic E-state index is 0.247. The molecular formula is C11H8BrNO. The van der Waals surface area contributed by atoms with Gasteiger partial charge in [0.05, 0.1) is 5.69 Å². The van der Waals surface area contributed by atoms with Crippen LogP contribution in [0.1, 0.15) is 0 Å². The number of nitrogens with zero attached hydrogens (tertiary/aromatic N) is 1. The standard InChI is InChI=1S/C11H8BrNO/c12-10-7-8(14)4-5-9(10)11-3-1-2-6-13-11/h1-7,14H. The third-order valence-corrected chi connectivity index (χ3v) is 2.55. The van der Waals surface area contributed by atoms with Crippen LogP contribution in [0.2, 0.25) is 0 Å². The molecule has 0 aliphatic rings. The van der Waals surface area contributed by atoms with E-state index < -0.39 is 0 Å². The van der Waals surface area contributed by atoms with Gasteiger partial charge in [-0.1, -0.05) is 6.07 Å². The summed E-state index contributed by atoms with van der Waals surface area (Å²) in [5.41, 5.74) is 1.86. The SMILES string of the molecule is Oc1ccc(-c2ccccn2)c(Br)c1. The van der Waals surface area contributed by atoms with Crippen molar-refractivity contribution < 1.29 is 5.11 Å². The van der Waals surface area contributed by atoms with E-state index in [4.69, 9.17) is 0 Å². The normalized spacial score (nSPS) is 10.1. The molecule has 0 atom stereocenters. The molecule has 2 aromatic rings. The van der Waals surface area contributed by atoms with Crippen LogP contribution in [-0.4, -0.2) is 10.1 Å². The lowest BCUT2D eigenvalue weighted by atomic mass is 10.1. The number of rotatable bonds is 1. The zero-order chi connectivity index (χ0) is 9.97. The van der Waals surface area contributed by atoms with E-state index in [2.05, 4.69) is 20.9 Å². The van der Waals surface area contributed by atoms with Crippen LogP contribution in [0.3, 0.4) is 0 Å². The van der Waals surface area contributed by atoms with E-state index in [0.717, 1.165) is 15.7 Å². The van der Waals surface area contributed by atoms with E-state index >= 15 is 0 Å². The Labute approximate surface area is 90.4 Å². The first-order valence-corrected chi connectivity index (χ1v) is 4.96. The quantitative estimate of drug-likeness (QED) is 0.842. The topological polar surface area (TPSA) is 33.1 Å². The highest BCUT2D eigenvalue weighted by Crippen LogP contribution is 2.29. The van der Waals surface area contributed by atoms with Crippen molar-refractivity contribution >= 4 is 15.9 Å². The van der Waals surface area contributed by atoms with Gasteiger partial charge in [-0.15, -0.1) is 0 Å². The van der Waals surface area contributed by atoms with E-state index in [0.29, 0.717) is 0 Å². The highest BCUT2D eigenvalue weighted by molar-refractivity contribution is 9.10. The summed E-state index contributed by atoms with van der Waals surface area (Å²) in [6.07, 6.45) is 1.74. The Balaban J connectivity index is 2.53. The molecule has 14 heavy (non-hydrogen) atoms. The molecule has 0 aliphatic carbocycles. The lowest BCUT2D eigenvalue weighted by Gasteiger charge is -2.03. The van der Waals surface area contributed by atoms with Crippen molar-refractivity contribution in [3.63, 3.8) is 0 Å². The highest BCUT2D eigenvalue weighted by Gasteiger charge is 2.03. The number of aromatic hydroxyl groups is 1. The average Bonchev–Trinajstić information content (AvgIpc) is 2.19. The summed E-state index contributed by atoms with van der Waals surface area (Å²) in [7, 11) is 0. The summed E-state index contributed by atoms with van der Waals surface area (Å²) >= 11 is 3.38. The van der Waals surface area contributed by atoms with E-state index in [1.54, 1.807) is 18.3 Å². The minimum absolute atomic E-state index is 0.247. The predicted octanol–water partition coefficient (Wildman–Crippen LogP) is 3.22. The maximum absolute atomic E-state index is 9.23. The van der Waals surface area contributed by atoms with Crippen molar-refractivity contribution in [1.82, 2.24) is 4.98 Å². The molecule has 0 bridgehead atoms. The van der Waals surface area contributed by atoms with Gasteiger partial charge >= 0.3 is 0 Å². The van der Waals surface area contributed by atoms with Crippen molar-refractivity contribution in [2.24, 2.45) is 0 Å². The Morgan fingerprint density at radius 2 is 2.00 bits per heavy atom. The summed E-state index contributed by atoms with van der Waals surface area (Å²) in [5, 5.41) is 9.23. The first-order valence-electron chi connectivity index (χ1n) is 4.17. The lowest BCUT2D eigenvalue weighted by Crippen LogP contribution is -1.82. The minimum Gasteiger partial charge on any atom is -0.508 e. The Hall–Kier alpha value is -1.35. The Bertz CT molecular complexity index is 442. The molecule has 1 aromatic carbocycles. The smallest absolute Gasteiger partial charge is 0.116 e. The van der Waals surface area contributed by atoms with Crippen LogP contribution in [0.5, 0.6) is 5.75 Å². The number of hydrogen-bond acceptors (Lipinski definition) is 2. The maximum atomic E-state index is 9.23. The molecule has 0 radical (unpaired) electrons. The van der Waals surface area contributed by atoms with Gasteiger partial charge < -0.3 is 5.11 Å². The number of aromatic nitrogens is 1. The van der Waals surface area contributed by atoms with E-state index in [1.165, 1.54) is 0 Å². The molecule has 2 rings (SSSR count). The van der Waals surface area contributed by atoms with Gasteiger partial charge in [0.1, 0.15) is 5.75 Å². The monoisotopic (exact) mass is 249 g/mol. The number of phenols is 1. The fourth-order valence-corrected chi connectivity index (χ4v) is 1.80. The van der Waals surface area contributed by atoms with Crippen molar-refractivity contribution in [3.05, 3.63) is 47.1 Å². The molecule has 70 valence electrons. The van der Waals surface area contributed by atoms with Gasteiger partial charge in [0, 0.05) is 16.2 Å². The summed E-state index contributed by atoms with van der Waals surface area (Å²) in [6.45, 7) is 0. The van der Waals surface area contributed by atoms with Gasteiger partial charge in [0.25, 0.3) is 0 Å². The molecule has 1 N–H and O–H groups in total. The molecule has 0 fully saturated rings. The Kier molecular flexibility index (Phi) is 2.50. The lowest BCUT2D eigenvalue weighted by molar-refractivity contribution is 0.475. The van der Waals surface area contributed by atoms with Gasteiger partial charge in [0.15, 0.2) is 0 Å². The number of halogens is 1. The van der Waals surface area contributed by atoms with Crippen LogP contribution in [0.25, 0.3) is 11.3 Å². The van der Waals surface area contributed by atoms with Crippen molar-refractivity contribution in [2.75, 3.05) is 0 Å². The van der Waals surface area contributed by atoms with Gasteiger partial charge in [0.2, 0.25) is 0 Å². The largest absolute Gasteiger partial charge is 0.508 e. The van der Waals surface area contributed by atoms with Crippen LogP contribution in [0, 0.1) is 0 Å². The number of hydrogen-bond donors (Lipinski definition) is 1. The molecule has 0 amide bonds. The van der Waals surface area contributed by atoms with Gasteiger partial charge in [-0.2, -0.15) is 0 Å². The number of benzene rings is 1. The van der Waals surface area contributed by atoms with Crippen LogP contribution in [0.15, 0.2) is 47.1 Å². The number of phenolic OH excluding ortho intramolecular Hbond substituents is 1. The van der Waals surface area contributed by atoms with E-state index in [1.807, 2.05) is 24.3 Å². The van der Waals surface area contributed by atoms with Crippen molar-refractivity contribution in [2.45, 2.75) is 0 Å². The second-order valence-corrected chi connectivity index (χ2v) is 3.73. The van der Waals surface area contributed by atoms with Crippen LogP contribution < -0.4 is 0 Å². The van der Waals surface area contributed by atoms with Crippen LogP contribution in [0.4, 0.5) is 0 Å². The Morgan fingerprint density at radius 3 is 2.64 bits per heavy atom. The number of pyridine rings is 1. The molecule has 0 unspecified atom stereocenters. The summed E-state index contributed by atoms with van der Waals surface area (Å²) < 4.78 is 0.844. The Morgan fingerprint density at radius 1 is 1.14 bits per heavy atom. The third kappa shape index (κ3) is 1.77. The molecule has 1 heterocycles. The summed E-state index contributed by atoms with van der Waals surface area (Å²) in [6, 6.07) is 10.9. The predicted molar refractivity (Wildman–Crippen MR) is 59.0 cm³/mol. The molecule has 0 aliphatic heterocycles. The second kappa shape index (κ2) is 3.80. The molecule has 1 aromatic heterocycles. The summed E-state index contributed by atoms with van der Waals surface area (Å²) in [4.78, 5) is 4.23. The van der Waals surface area contributed by atoms with Crippen LogP contribution >= 0.6 is 15.9 Å². The zero-order valence-electron chi connectivity index (χ0n) is 7.31. The van der Waals surface area contributed by atoms with E-state index in [9.17, 15) is 5.11 Å². The average molecular weight is 250 g/mol. The zero-order valence-corrected chi connectivity index (χ0v) is 8.90. The highest BCUT2D eigenvalue weighted by atomic mass is 79.9. The second-order valence-electron chi connectivity index (χ2n) is 2.88. The summed E-state index contributed by atoms with van der Waals surface area (Å²) in [5.74, 6) is 0.247. The molecule has 0 saturated carbocycles. The fourth-order valence-electron chi connectivity index (χ4n) is 1.23. The van der Waals surface area contributed by atoms with Gasteiger partial charge in [-0.05, 0) is 46.3 Å². The molecule has 0 spiro atoms.